The summed E-state index contributed by atoms with van der Waals surface area (Å²) in [6.45, 7) is 1.57. The molecule has 0 spiro atoms. The van der Waals surface area contributed by atoms with Crippen molar-refractivity contribution in [3.05, 3.63) is 63.6 Å². The minimum absolute atomic E-state index is 0.0382. The predicted molar refractivity (Wildman–Crippen MR) is 102 cm³/mol. The standard InChI is InChI=1S/C20H23NO8/c1-4-28-20(25)16-18(29-12-13-8-6-5-7-9-13)17(22)14(19(23)24)10-21(16)11-15(26-2)27-3/h5-10,15H,4,11-12H2,1-3H3,(H,23,24). The Morgan fingerprint density at radius 1 is 1.14 bits per heavy atom. The summed E-state index contributed by atoms with van der Waals surface area (Å²) < 4.78 is 22.2. The van der Waals surface area contributed by atoms with Gasteiger partial charge in [0.1, 0.15) is 12.2 Å². The first-order valence-electron chi connectivity index (χ1n) is 8.83. The molecule has 0 saturated heterocycles. The molecule has 2 rings (SSSR count). The van der Waals surface area contributed by atoms with Gasteiger partial charge in [-0.2, -0.15) is 0 Å². The molecule has 1 N–H and O–H groups in total. The van der Waals surface area contributed by atoms with Crippen LogP contribution >= 0.6 is 0 Å². The van der Waals surface area contributed by atoms with Gasteiger partial charge in [0.2, 0.25) is 5.43 Å². The van der Waals surface area contributed by atoms with Crippen molar-refractivity contribution in [2.45, 2.75) is 26.4 Å². The van der Waals surface area contributed by atoms with Crippen LogP contribution in [0.1, 0.15) is 33.3 Å². The van der Waals surface area contributed by atoms with Crippen molar-refractivity contribution in [2.24, 2.45) is 0 Å². The average Bonchev–Trinajstić information content (AvgIpc) is 2.72. The fourth-order valence-electron chi connectivity index (χ4n) is 2.61. The van der Waals surface area contributed by atoms with Gasteiger partial charge in [-0.3, -0.25) is 4.79 Å². The van der Waals surface area contributed by atoms with Gasteiger partial charge in [-0.25, -0.2) is 9.59 Å². The molecule has 156 valence electrons. The van der Waals surface area contributed by atoms with Gasteiger partial charge >= 0.3 is 11.9 Å². The first-order chi connectivity index (χ1) is 13.9. The van der Waals surface area contributed by atoms with Crippen LogP contribution in [-0.2, 0) is 27.4 Å². The molecule has 1 aromatic heterocycles. The van der Waals surface area contributed by atoms with Gasteiger partial charge in [0.15, 0.2) is 17.7 Å². The van der Waals surface area contributed by atoms with E-state index in [4.69, 9.17) is 18.9 Å². The van der Waals surface area contributed by atoms with Gasteiger partial charge < -0.3 is 28.6 Å². The van der Waals surface area contributed by atoms with E-state index in [0.29, 0.717) is 0 Å². The Labute approximate surface area is 167 Å². The summed E-state index contributed by atoms with van der Waals surface area (Å²) in [7, 11) is 2.79. The van der Waals surface area contributed by atoms with Crippen LogP contribution in [0, 0.1) is 0 Å². The number of ether oxygens (including phenoxy) is 4. The van der Waals surface area contributed by atoms with Gasteiger partial charge in [-0.15, -0.1) is 0 Å². The van der Waals surface area contributed by atoms with Crippen LogP contribution < -0.4 is 10.2 Å². The van der Waals surface area contributed by atoms with Crippen molar-refractivity contribution in [3.63, 3.8) is 0 Å². The largest absolute Gasteiger partial charge is 0.482 e. The molecule has 0 radical (unpaired) electrons. The number of benzene rings is 1. The third-order valence-electron chi connectivity index (χ3n) is 4.03. The third kappa shape index (κ3) is 5.43. The van der Waals surface area contributed by atoms with Crippen LogP contribution in [0.4, 0.5) is 0 Å². The van der Waals surface area contributed by atoms with E-state index >= 15 is 0 Å². The van der Waals surface area contributed by atoms with Crippen molar-refractivity contribution in [2.75, 3.05) is 20.8 Å². The number of hydrogen-bond acceptors (Lipinski definition) is 7. The second-order valence-electron chi connectivity index (χ2n) is 5.90. The minimum Gasteiger partial charge on any atom is -0.482 e. The van der Waals surface area contributed by atoms with Crippen LogP contribution in [0.25, 0.3) is 0 Å². The monoisotopic (exact) mass is 405 g/mol. The summed E-state index contributed by atoms with van der Waals surface area (Å²) in [5.74, 6) is -2.68. The highest BCUT2D eigenvalue weighted by molar-refractivity contribution is 5.93. The molecule has 2 aromatic rings. The van der Waals surface area contributed by atoms with Crippen molar-refractivity contribution in [1.82, 2.24) is 4.57 Å². The highest BCUT2D eigenvalue weighted by atomic mass is 16.7. The quantitative estimate of drug-likeness (QED) is 0.471. The number of methoxy groups -OCH3 is 2. The van der Waals surface area contributed by atoms with Gasteiger partial charge in [0.05, 0.1) is 13.2 Å². The number of aromatic carboxylic acids is 1. The molecule has 0 amide bonds. The van der Waals surface area contributed by atoms with Crippen LogP contribution in [0.5, 0.6) is 5.75 Å². The highest BCUT2D eigenvalue weighted by Crippen LogP contribution is 2.20. The van der Waals surface area contributed by atoms with E-state index in [0.717, 1.165) is 11.8 Å². The van der Waals surface area contributed by atoms with Crippen LogP contribution in [0.2, 0.25) is 0 Å². The maximum absolute atomic E-state index is 12.7. The van der Waals surface area contributed by atoms with Gasteiger partial charge in [0, 0.05) is 20.4 Å². The smallest absolute Gasteiger partial charge is 0.359 e. The molecule has 9 nitrogen and oxygen atoms in total. The Morgan fingerprint density at radius 2 is 1.79 bits per heavy atom. The zero-order valence-corrected chi connectivity index (χ0v) is 16.4. The third-order valence-corrected chi connectivity index (χ3v) is 4.03. The van der Waals surface area contributed by atoms with Crippen molar-refractivity contribution >= 4 is 11.9 Å². The zero-order chi connectivity index (χ0) is 21.4. The Bertz CT molecular complexity index is 903. The van der Waals surface area contributed by atoms with E-state index in [1.165, 1.54) is 18.8 Å². The number of nitrogens with zero attached hydrogens (tertiary/aromatic N) is 1. The summed E-state index contributed by atoms with van der Waals surface area (Å²) in [4.78, 5) is 36.9. The van der Waals surface area contributed by atoms with Crippen LogP contribution in [0.3, 0.4) is 0 Å². The van der Waals surface area contributed by atoms with Crippen molar-refractivity contribution in [1.29, 1.82) is 0 Å². The SMILES string of the molecule is CCOC(=O)c1c(OCc2ccccc2)c(=O)c(C(=O)O)cn1CC(OC)OC. The topological polar surface area (TPSA) is 113 Å². The maximum Gasteiger partial charge on any atom is 0.359 e. The number of carboxylic acids is 1. The number of pyridine rings is 1. The van der Waals surface area contributed by atoms with Crippen molar-refractivity contribution in [3.8, 4) is 5.75 Å². The lowest BCUT2D eigenvalue weighted by Gasteiger charge is -2.21. The molecule has 0 fully saturated rings. The first kappa shape index (κ1) is 22.1. The fraction of sp³-hybridized carbons (Fsp3) is 0.350. The molecule has 9 heteroatoms. The summed E-state index contributed by atoms with van der Waals surface area (Å²) in [5, 5.41) is 9.43. The second-order valence-corrected chi connectivity index (χ2v) is 5.90. The summed E-state index contributed by atoms with van der Waals surface area (Å²) in [5.41, 5.74) is -0.941. The molecule has 0 aliphatic heterocycles. The molecule has 0 aliphatic carbocycles. The van der Waals surface area contributed by atoms with E-state index in [2.05, 4.69) is 0 Å². The first-order valence-corrected chi connectivity index (χ1v) is 8.83. The van der Waals surface area contributed by atoms with Gasteiger partial charge in [0.25, 0.3) is 0 Å². The predicted octanol–water partition coefficient (Wildman–Crippen LogP) is 1.92. The number of aromatic nitrogens is 1. The van der Waals surface area contributed by atoms with Gasteiger partial charge in [-0.05, 0) is 12.5 Å². The number of carboxylic acid groups (broad SMARTS) is 1. The molecule has 0 aliphatic rings. The molecule has 0 bridgehead atoms. The summed E-state index contributed by atoms with van der Waals surface area (Å²) in [6.07, 6.45) is 0.256. The number of carbonyl (C=O) groups excluding carboxylic acids is 1. The number of esters is 1. The number of hydrogen-bond donors (Lipinski definition) is 1. The van der Waals surface area contributed by atoms with E-state index in [1.54, 1.807) is 31.2 Å². The molecule has 29 heavy (non-hydrogen) atoms. The lowest BCUT2D eigenvalue weighted by molar-refractivity contribution is -0.111. The molecule has 1 aromatic carbocycles. The fourth-order valence-corrected chi connectivity index (χ4v) is 2.61. The Balaban J connectivity index is 2.61. The van der Waals surface area contributed by atoms with Crippen LogP contribution in [-0.4, -0.2) is 48.7 Å². The second kappa shape index (κ2) is 10.4. The Kier molecular flexibility index (Phi) is 7.93. The molecule has 0 saturated carbocycles. The lowest BCUT2D eigenvalue weighted by atomic mass is 10.2. The number of rotatable bonds is 10. The zero-order valence-electron chi connectivity index (χ0n) is 16.4. The molecular weight excluding hydrogens is 382 g/mol. The minimum atomic E-state index is -1.45. The maximum atomic E-state index is 12.7. The van der Waals surface area contributed by atoms with E-state index < -0.39 is 35.0 Å². The molecular formula is C20H23NO8. The molecule has 0 atom stereocenters. The van der Waals surface area contributed by atoms with E-state index in [9.17, 15) is 19.5 Å². The molecule has 1 heterocycles. The lowest BCUT2D eigenvalue weighted by Crippen LogP contribution is -2.30. The average molecular weight is 405 g/mol. The van der Waals surface area contributed by atoms with Crippen molar-refractivity contribution < 1.29 is 33.6 Å². The normalized spacial score (nSPS) is 10.8. The molecule has 0 unspecified atom stereocenters. The van der Waals surface area contributed by atoms with Gasteiger partial charge in [-0.1, -0.05) is 30.3 Å². The summed E-state index contributed by atoms with van der Waals surface area (Å²) in [6, 6.07) is 8.95. The Hall–Kier alpha value is -3.17. The highest BCUT2D eigenvalue weighted by Gasteiger charge is 2.27. The van der Waals surface area contributed by atoms with E-state index in [-0.39, 0.29) is 25.5 Å². The summed E-state index contributed by atoms with van der Waals surface area (Å²) >= 11 is 0. The Morgan fingerprint density at radius 3 is 2.34 bits per heavy atom. The van der Waals surface area contributed by atoms with E-state index in [1.807, 2.05) is 6.07 Å². The number of carbonyl (C=O) groups is 2. The van der Waals surface area contributed by atoms with Crippen LogP contribution in [0.15, 0.2) is 41.3 Å².